The van der Waals surface area contributed by atoms with E-state index in [4.69, 9.17) is 16.8 Å². The average molecular weight is 200 g/mol. The lowest BCUT2D eigenvalue weighted by molar-refractivity contribution is 0.0706. The number of amides is 1. The molecule has 0 spiro atoms. The fraction of sp³-hybridized carbons (Fsp3) is 0. The van der Waals surface area contributed by atoms with Gasteiger partial charge in [-0.25, -0.2) is 5.48 Å². The van der Waals surface area contributed by atoms with Gasteiger partial charge in [-0.3, -0.25) is 14.8 Å². The maximum absolute atomic E-state index is 10.9. The first kappa shape index (κ1) is 9.70. The van der Waals surface area contributed by atoms with Gasteiger partial charge in [0.25, 0.3) is 5.91 Å². The first-order valence-electron chi connectivity index (χ1n) is 3.38. The minimum atomic E-state index is -0.667. The molecule has 0 aliphatic heterocycles. The third-order valence-electron chi connectivity index (χ3n) is 1.49. The molecule has 0 aromatic heterocycles. The van der Waals surface area contributed by atoms with Crippen molar-refractivity contribution in [3.8, 4) is 0 Å². The molecule has 0 heterocycles. The quantitative estimate of drug-likeness (QED) is 0.428. The monoisotopic (exact) mass is 199 g/mol. The Morgan fingerprint density at radius 2 is 2.23 bits per heavy atom. The molecule has 4 nitrogen and oxygen atoms in total. The first-order chi connectivity index (χ1) is 6.19. The van der Waals surface area contributed by atoms with E-state index in [9.17, 15) is 9.59 Å². The lowest BCUT2D eigenvalue weighted by Gasteiger charge is -2.00. The second-order valence-electron chi connectivity index (χ2n) is 2.30. The number of carbonyl (C=O) groups is 2. The van der Waals surface area contributed by atoms with Crippen LogP contribution >= 0.6 is 11.6 Å². The van der Waals surface area contributed by atoms with Crippen LogP contribution in [0, 0.1) is 0 Å². The first-order valence-corrected chi connectivity index (χ1v) is 3.76. The molecule has 1 rings (SSSR count). The number of hydrogen-bond acceptors (Lipinski definition) is 3. The molecular formula is C8H6ClNO3. The van der Waals surface area contributed by atoms with Gasteiger partial charge in [-0.05, 0) is 18.2 Å². The largest absolute Gasteiger partial charge is 0.298 e. The molecule has 68 valence electrons. The molecule has 0 fully saturated rings. The van der Waals surface area contributed by atoms with Crippen molar-refractivity contribution in [1.82, 2.24) is 5.48 Å². The highest BCUT2D eigenvalue weighted by atomic mass is 35.5. The van der Waals surface area contributed by atoms with Crippen LogP contribution < -0.4 is 5.48 Å². The molecule has 0 saturated heterocycles. The van der Waals surface area contributed by atoms with Gasteiger partial charge in [0.15, 0.2) is 6.29 Å². The fourth-order valence-electron chi connectivity index (χ4n) is 0.828. The van der Waals surface area contributed by atoms with E-state index < -0.39 is 5.91 Å². The Hall–Kier alpha value is -1.39. The third-order valence-corrected chi connectivity index (χ3v) is 1.82. The highest BCUT2D eigenvalue weighted by molar-refractivity contribution is 6.33. The Kier molecular flexibility index (Phi) is 3.00. The van der Waals surface area contributed by atoms with Crippen molar-refractivity contribution in [1.29, 1.82) is 0 Å². The second kappa shape index (κ2) is 4.02. The van der Waals surface area contributed by atoms with Crippen LogP contribution in [0.1, 0.15) is 20.7 Å². The number of hydroxylamine groups is 1. The summed E-state index contributed by atoms with van der Waals surface area (Å²) in [7, 11) is 0. The van der Waals surface area contributed by atoms with Crippen LogP contribution in [-0.4, -0.2) is 17.4 Å². The van der Waals surface area contributed by atoms with Gasteiger partial charge in [0.05, 0.1) is 5.02 Å². The van der Waals surface area contributed by atoms with Crippen LogP contribution in [0.25, 0.3) is 0 Å². The summed E-state index contributed by atoms with van der Waals surface area (Å²) < 4.78 is 0. The molecule has 0 unspecified atom stereocenters. The van der Waals surface area contributed by atoms with Crippen molar-refractivity contribution >= 4 is 23.8 Å². The maximum atomic E-state index is 10.9. The summed E-state index contributed by atoms with van der Waals surface area (Å²) in [6, 6.07) is 4.10. The van der Waals surface area contributed by atoms with E-state index in [0.717, 1.165) is 0 Å². The number of benzene rings is 1. The van der Waals surface area contributed by atoms with Gasteiger partial charge >= 0.3 is 0 Å². The molecule has 0 aliphatic rings. The van der Waals surface area contributed by atoms with Gasteiger partial charge in [0.1, 0.15) is 0 Å². The summed E-state index contributed by atoms with van der Waals surface area (Å²) in [5, 5.41) is 8.47. The Bertz CT molecular complexity index is 351. The zero-order chi connectivity index (χ0) is 9.84. The highest BCUT2D eigenvalue weighted by Gasteiger charge is 2.06. The normalized spacial score (nSPS) is 9.38. The summed E-state index contributed by atoms with van der Waals surface area (Å²) >= 11 is 5.64. The predicted octanol–water partition coefficient (Wildman–Crippen LogP) is 1.27. The molecule has 0 atom stereocenters. The minimum Gasteiger partial charge on any atom is -0.298 e. The van der Waals surface area contributed by atoms with Gasteiger partial charge in [0, 0.05) is 11.1 Å². The van der Waals surface area contributed by atoms with E-state index in [1.165, 1.54) is 23.7 Å². The van der Waals surface area contributed by atoms with Gasteiger partial charge < -0.3 is 0 Å². The van der Waals surface area contributed by atoms with E-state index in [0.29, 0.717) is 11.8 Å². The van der Waals surface area contributed by atoms with Crippen molar-refractivity contribution in [2.45, 2.75) is 0 Å². The Balaban J connectivity index is 3.09. The molecular weight excluding hydrogens is 194 g/mol. The fourth-order valence-corrected chi connectivity index (χ4v) is 1.05. The molecule has 1 amide bonds. The average Bonchev–Trinajstić information content (AvgIpc) is 2.16. The lowest BCUT2D eigenvalue weighted by Crippen LogP contribution is -2.18. The molecule has 5 heteroatoms. The van der Waals surface area contributed by atoms with Crippen molar-refractivity contribution in [2.75, 3.05) is 0 Å². The second-order valence-corrected chi connectivity index (χ2v) is 2.70. The standard InChI is InChI=1S/C8H6ClNO3/c9-7-3-5(8(12)10-13)1-2-6(7)4-11/h1-4,13H,(H,10,12). The van der Waals surface area contributed by atoms with E-state index in [1.54, 1.807) is 0 Å². The number of halogens is 1. The van der Waals surface area contributed by atoms with E-state index >= 15 is 0 Å². The number of hydrogen-bond donors (Lipinski definition) is 2. The Labute approximate surface area is 79.1 Å². The minimum absolute atomic E-state index is 0.177. The zero-order valence-corrected chi connectivity index (χ0v) is 7.21. The van der Waals surface area contributed by atoms with E-state index in [-0.39, 0.29) is 10.6 Å². The van der Waals surface area contributed by atoms with Gasteiger partial charge in [-0.1, -0.05) is 11.6 Å². The number of aldehydes is 1. The number of nitrogens with one attached hydrogen (secondary N) is 1. The molecule has 1 aromatic carbocycles. The molecule has 13 heavy (non-hydrogen) atoms. The van der Waals surface area contributed by atoms with Crippen LogP contribution in [0.4, 0.5) is 0 Å². The van der Waals surface area contributed by atoms with E-state index in [1.807, 2.05) is 0 Å². The summed E-state index contributed by atoms with van der Waals surface area (Å²) in [6.07, 6.45) is 0.586. The summed E-state index contributed by atoms with van der Waals surface area (Å²) in [4.78, 5) is 21.2. The van der Waals surface area contributed by atoms with Crippen LogP contribution in [0.3, 0.4) is 0 Å². The number of carbonyl (C=O) groups excluding carboxylic acids is 2. The molecule has 2 N–H and O–H groups in total. The molecule has 0 radical (unpaired) electrons. The smallest absolute Gasteiger partial charge is 0.274 e. The molecule has 0 aliphatic carbocycles. The van der Waals surface area contributed by atoms with Crippen LogP contribution in [-0.2, 0) is 0 Å². The van der Waals surface area contributed by atoms with Crippen LogP contribution in [0.2, 0.25) is 5.02 Å². The van der Waals surface area contributed by atoms with E-state index in [2.05, 4.69) is 0 Å². The molecule has 0 saturated carbocycles. The van der Waals surface area contributed by atoms with Crippen LogP contribution in [0.5, 0.6) is 0 Å². The van der Waals surface area contributed by atoms with Gasteiger partial charge in [-0.15, -0.1) is 0 Å². The topological polar surface area (TPSA) is 66.4 Å². The summed E-state index contributed by atoms with van der Waals surface area (Å²) in [6.45, 7) is 0. The SMILES string of the molecule is O=Cc1ccc(C(=O)NO)cc1Cl. The Morgan fingerprint density at radius 1 is 1.54 bits per heavy atom. The lowest BCUT2D eigenvalue weighted by atomic mass is 10.1. The number of rotatable bonds is 2. The summed E-state index contributed by atoms with van der Waals surface area (Å²) in [5.74, 6) is -0.667. The highest BCUT2D eigenvalue weighted by Crippen LogP contribution is 2.15. The predicted molar refractivity (Wildman–Crippen MR) is 46.1 cm³/mol. The third kappa shape index (κ3) is 2.05. The zero-order valence-electron chi connectivity index (χ0n) is 6.45. The van der Waals surface area contributed by atoms with Crippen LogP contribution in [0.15, 0.2) is 18.2 Å². The summed E-state index contributed by atoms with van der Waals surface area (Å²) in [5.41, 5.74) is 1.95. The van der Waals surface area contributed by atoms with Crippen molar-refractivity contribution < 1.29 is 14.8 Å². The van der Waals surface area contributed by atoms with Crippen molar-refractivity contribution in [2.24, 2.45) is 0 Å². The van der Waals surface area contributed by atoms with Crippen molar-refractivity contribution in [3.63, 3.8) is 0 Å². The van der Waals surface area contributed by atoms with Gasteiger partial charge in [-0.2, -0.15) is 0 Å². The van der Waals surface area contributed by atoms with Crippen molar-refractivity contribution in [3.05, 3.63) is 34.3 Å². The molecule has 0 bridgehead atoms. The Morgan fingerprint density at radius 3 is 2.69 bits per heavy atom. The maximum Gasteiger partial charge on any atom is 0.274 e. The van der Waals surface area contributed by atoms with Gasteiger partial charge in [0.2, 0.25) is 0 Å². The molecule has 1 aromatic rings.